The van der Waals surface area contributed by atoms with Gasteiger partial charge in [0.15, 0.2) is 11.5 Å². The van der Waals surface area contributed by atoms with Crippen molar-refractivity contribution in [2.24, 2.45) is 0 Å². The lowest BCUT2D eigenvalue weighted by atomic mass is 10.1. The molecule has 146 valence electrons. The van der Waals surface area contributed by atoms with E-state index in [0.717, 1.165) is 17.8 Å². The van der Waals surface area contributed by atoms with Gasteiger partial charge in [-0.15, -0.1) is 10.2 Å². The number of nitrogens with one attached hydrogen (secondary N) is 1. The predicted octanol–water partition coefficient (Wildman–Crippen LogP) is 4.01. The number of methoxy groups -OCH3 is 1. The van der Waals surface area contributed by atoms with E-state index in [1.54, 1.807) is 6.92 Å². The van der Waals surface area contributed by atoms with Gasteiger partial charge in [-0.05, 0) is 19.8 Å². The molecule has 1 N–H and O–H groups in total. The van der Waals surface area contributed by atoms with E-state index in [1.807, 2.05) is 0 Å². The number of aromatic nitrogens is 2. The molecule has 1 aromatic heterocycles. The predicted molar refractivity (Wildman–Crippen MR) is 102 cm³/mol. The SMILES string of the molecule is CCOc1cc(C(=O)Nc2nnc(C(CC)CC)s2)c([N+](=O)[O-])cc1OC. The van der Waals surface area contributed by atoms with Crippen LogP contribution >= 0.6 is 11.3 Å². The largest absolute Gasteiger partial charge is 0.493 e. The summed E-state index contributed by atoms with van der Waals surface area (Å²) in [5.41, 5.74) is -0.513. The molecule has 1 amide bonds. The quantitative estimate of drug-likeness (QED) is 0.504. The maximum Gasteiger partial charge on any atom is 0.286 e. The van der Waals surface area contributed by atoms with Crippen LogP contribution in [-0.4, -0.2) is 34.7 Å². The molecule has 0 saturated heterocycles. The average Bonchev–Trinajstić information content (AvgIpc) is 3.10. The molecule has 27 heavy (non-hydrogen) atoms. The highest BCUT2D eigenvalue weighted by Gasteiger charge is 2.26. The molecule has 9 nitrogen and oxygen atoms in total. The average molecular weight is 394 g/mol. The van der Waals surface area contributed by atoms with E-state index in [-0.39, 0.29) is 28.7 Å². The van der Waals surface area contributed by atoms with Crippen molar-refractivity contribution >= 4 is 28.1 Å². The van der Waals surface area contributed by atoms with E-state index in [0.29, 0.717) is 11.7 Å². The summed E-state index contributed by atoms with van der Waals surface area (Å²) >= 11 is 1.27. The van der Waals surface area contributed by atoms with Gasteiger partial charge in [-0.1, -0.05) is 25.2 Å². The first-order chi connectivity index (χ1) is 12.9. The number of carbonyl (C=O) groups excluding carboxylic acids is 1. The lowest BCUT2D eigenvalue weighted by molar-refractivity contribution is -0.385. The fraction of sp³-hybridized carbons (Fsp3) is 0.471. The van der Waals surface area contributed by atoms with Crippen LogP contribution in [0.1, 0.15) is 54.9 Å². The molecule has 0 aliphatic rings. The number of hydrogen-bond acceptors (Lipinski definition) is 8. The van der Waals surface area contributed by atoms with Gasteiger partial charge in [-0.25, -0.2) is 0 Å². The lowest BCUT2D eigenvalue weighted by Crippen LogP contribution is -2.14. The number of benzene rings is 1. The highest BCUT2D eigenvalue weighted by Crippen LogP contribution is 2.35. The van der Waals surface area contributed by atoms with Gasteiger partial charge >= 0.3 is 0 Å². The van der Waals surface area contributed by atoms with Crippen LogP contribution in [-0.2, 0) is 0 Å². The lowest BCUT2D eigenvalue weighted by Gasteiger charge is -2.11. The van der Waals surface area contributed by atoms with Crippen molar-refractivity contribution < 1.29 is 19.2 Å². The van der Waals surface area contributed by atoms with Crippen LogP contribution in [0.15, 0.2) is 12.1 Å². The number of carbonyl (C=O) groups is 1. The van der Waals surface area contributed by atoms with Crippen LogP contribution in [0, 0.1) is 10.1 Å². The number of hydrogen-bond donors (Lipinski definition) is 1. The Bertz CT molecular complexity index is 820. The van der Waals surface area contributed by atoms with Gasteiger partial charge in [0, 0.05) is 12.0 Å². The summed E-state index contributed by atoms with van der Waals surface area (Å²) in [5, 5.41) is 23.2. The molecule has 0 unspecified atom stereocenters. The summed E-state index contributed by atoms with van der Waals surface area (Å²) in [6.45, 7) is 6.21. The zero-order valence-electron chi connectivity index (χ0n) is 15.6. The molecule has 0 saturated carbocycles. The van der Waals surface area contributed by atoms with Gasteiger partial charge in [0.05, 0.1) is 24.7 Å². The Kier molecular flexibility index (Phi) is 7.05. The smallest absolute Gasteiger partial charge is 0.286 e. The molecule has 2 rings (SSSR count). The Morgan fingerprint density at radius 3 is 2.52 bits per heavy atom. The normalized spacial score (nSPS) is 10.7. The van der Waals surface area contributed by atoms with Crippen LogP contribution in [0.3, 0.4) is 0 Å². The maximum absolute atomic E-state index is 12.6. The summed E-state index contributed by atoms with van der Waals surface area (Å²) in [5.74, 6) is 0.0587. The van der Waals surface area contributed by atoms with Gasteiger partial charge in [-0.3, -0.25) is 20.2 Å². The van der Waals surface area contributed by atoms with Gasteiger partial charge in [0.1, 0.15) is 10.6 Å². The van der Waals surface area contributed by atoms with Crippen LogP contribution in [0.2, 0.25) is 0 Å². The Balaban J connectivity index is 2.34. The number of nitro groups is 1. The summed E-state index contributed by atoms with van der Waals surface area (Å²) in [4.78, 5) is 23.4. The molecule has 1 heterocycles. The topological polar surface area (TPSA) is 116 Å². The number of ether oxygens (including phenoxy) is 2. The molecule has 0 fully saturated rings. The second-order valence-electron chi connectivity index (χ2n) is 5.62. The Morgan fingerprint density at radius 1 is 1.26 bits per heavy atom. The van der Waals surface area contributed by atoms with E-state index in [9.17, 15) is 14.9 Å². The molecule has 2 aromatic rings. The van der Waals surface area contributed by atoms with Gasteiger partial charge < -0.3 is 9.47 Å². The third-order valence-corrected chi connectivity index (χ3v) is 5.02. The van der Waals surface area contributed by atoms with Gasteiger partial charge in [0.2, 0.25) is 5.13 Å². The molecule has 1 aromatic carbocycles. The van der Waals surface area contributed by atoms with Crippen molar-refractivity contribution in [1.82, 2.24) is 10.2 Å². The molecule has 0 aliphatic carbocycles. The van der Waals surface area contributed by atoms with Crippen molar-refractivity contribution in [1.29, 1.82) is 0 Å². The number of nitro benzene ring substituents is 1. The molecular formula is C17H22N4O5S. The summed E-state index contributed by atoms with van der Waals surface area (Å²) in [6, 6.07) is 2.48. The van der Waals surface area contributed by atoms with E-state index < -0.39 is 10.8 Å². The minimum absolute atomic E-state index is 0.136. The highest BCUT2D eigenvalue weighted by molar-refractivity contribution is 7.15. The fourth-order valence-electron chi connectivity index (χ4n) is 2.56. The standard InChI is InChI=1S/C17H22N4O5S/c1-5-10(6-2)16-19-20-17(27-16)18-15(22)11-8-14(26-7-3)13(25-4)9-12(11)21(23)24/h8-10H,5-7H2,1-4H3,(H,18,20,22). The van der Waals surface area contributed by atoms with E-state index >= 15 is 0 Å². The Labute approximate surface area is 160 Å². The number of amides is 1. The number of rotatable bonds is 9. The number of nitrogens with zero attached hydrogens (tertiary/aromatic N) is 3. The van der Waals surface area contributed by atoms with Crippen molar-refractivity contribution in [3.8, 4) is 11.5 Å². The summed E-state index contributed by atoms with van der Waals surface area (Å²) < 4.78 is 10.5. The molecule has 10 heteroatoms. The zero-order chi connectivity index (χ0) is 20.0. The maximum atomic E-state index is 12.6. The molecular weight excluding hydrogens is 372 g/mol. The molecule has 0 aliphatic heterocycles. The molecule has 0 atom stereocenters. The van der Waals surface area contributed by atoms with Crippen LogP contribution in [0.25, 0.3) is 0 Å². The van der Waals surface area contributed by atoms with E-state index in [2.05, 4.69) is 29.4 Å². The second kappa shape index (κ2) is 9.26. The van der Waals surface area contributed by atoms with E-state index in [4.69, 9.17) is 9.47 Å². The first-order valence-electron chi connectivity index (χ1n) is 8.58. The van der Waals surface area contributed by atoms with Crippen molar-refractivity contribution in [2.45, 2.75) is 39.5 Å². The fourth-order valence-corrected chi connectivity index (χ4v) is 3.57. The third kappa shape index (κ3) is 4.70. The van der Waals surface area contributed by atoms with Gasteiger partial charge in [0.25, 0.3) is 11.6 Å². The van der Waals surface area contributed by atoms with Gasteiger partial charge in [-0.2, -0.15) is 0 Å². The first-order valence-corrected chi connectivity index (χ1v) is 9.40. The van der Waals surface area contributed by atoms with Crippen molar-refractivity contribution in [2.75, 3.05) is 19.0 Å². The first kappa shape index (κ1) is 20.6. The monoisotopic (exact) mass is 394 g/mol. The van der Waals surface area contributed by atoms with Crippen molar-refractivity contribution in [3.05, 3.63) is 32.8 Å². The van der Waals surface area contributed by atoms with Crippen molar-refractivity contribution in [3.63, 3.8) is 0 Å². The minimum atomic E-state index is -0.655. The number of anilines is 1. The Hall–Kier alpha value is -2.75. The molecule has 0 radical (unpaired) electrons. The zero-order valence-corrected chi connectivity index (χ0v) is 16.5. The summed E-state index contributed by atoms with van der Waals surface area (Å²) in [6.07, 6.45) is 1.83. The minimum Gasteiger partial charge on any atom is -0.493 e. The second-order valence-corrected chi connectivity index (χ2v) is 6.63. The van der Waals surface area contributed by atoms with Crippen LogP contribution in [0.5, 0.6) is 11.5 Å². The van der Waals surface area contributed by atoms with Crippen LogP contribution in [0.4, 0.5) is 10.8 Å². The van der Waals surface area contributed by atoms with Crippen LogP contribution < -0.4 is 14.8 Å². The Morgan fingerprint density at radius 2 is 1.96 bits per heavy atom. The molecule has 0 bridgehead atoms. The van der Waals surface area contributed by atoms with E-state index in [1.165, 1.54) is 30.6 Å². The summed E-state index contributed by atoms with van der Waals surface area (Å²) in [7, 11) is 1.38. The molecule has 0 spiro atoms. The third-order valence-electron chi connectivity index (χ3n) is 4.02. The highest BCUT2D eigenvalue weighted by atomic mass is 32.1.